The van der Waals surface area contributed by atoms with Gasteiger partial charge in [-0.2, -0.15) is 10.2 Å². The second kappa shape index (κ2) is 10.5. The predicted molar refractivity (Wildman–Crippen MR) is 133 cm³/mol. The summed E-state index contributed by atoms with van der Waals surface area (Å²) in [6, 6.07) is 14.3. The fourth-order valence-electron chi connectivity index (χ4n) is 3.65. The Labute approximate surface area is 199 Å². The van der Waals surface area contributed by atoms with Crippen molar-refractivity contribution in [1.29, 1.82) is 0 Å². The Balaban J connectivity index is 1.34. The van der Waals surface area contributed by atoms with Crippen molar-refractivity contribution >= 4 is 0 Å². The summed E-state index contributed by atoms with van der Waals surface area (Å²) in [5, 5.41) is 29.2. The van der Waals surface area contributed by atoms with E-state index < -0.39 is 0 Å². The van der Waals surface area contributed by atoms with Crippen molar-refractivity contribution in [3.05, 3.63) is 72.1 Å². The Hall–Kier alpha value is -4.42. The van der Waals surface area contributed by atoms with Crippen LogP contribution < -0.4 is 0 Å². The third-order valence-corrected chi connectivity index (χ3v) is 5.28. The summed E-state index contributed by atoms with van der Waals surface area (Å²) in [6.45, 7) is 0. The molecule has 0 unspecified atom stereocenters. The number of aryl methyl sites for hydroxylation is 2. The lowest BCUT2D eigenvalue weighted by atomic mass is 10.1. The molecule has 0 fully saturated rings. The van der Waals surface area contributed by atoms with Gasteiger partial charge in [-0.3, -0.25) is 9.36 Å². The van der Waals surface area contributed by atoms with Gasteiger partial charge in [-0.1, -0.05) is 47.9 Å². The van der Waals surface area contributed by atoms with Crippen LogP contribution in [0.1, 0.15) is 36.8 Å². The molecule has 2 N–H and O–H groups in total. The Morgan fingerprint density at radius 3 is 1.50 bits per heavy atom. The molecule has 2 aromatic heterocycles. The van der Waals surface area contributed by atoms with Gasteiger partial charge in [-0.15, -0.1) is 0 Å². The minimum absolute atomic E-state index is 0.196. The first-order chi connectivity index (χ1) is 16.5. The highest BCUT2D eigenvalue weighted by molar-refractivity contribution is 5.73. The van der Waals surface area contributed by atoms with Crippen LogP contribution in [0.3, 0.4) is 0 Å². The van der Waals surface area contributed by atoms with E-state index in [0.29, 0.717) is 22.5 Å². The summed E-state index contributed by atoms with van der Waals surface area (Å²) < 4.78 is 3.42. The second-order valence-electron chi connectivity index (χ2n) is 7.98. The molecule has 0 radical (unpaired) electrons. The molecule has 2 heterocycles. The van der Waals surface area contributed by atoms with Crippen LogP contribution in [0, 0.1) is 23.7 Å². The summed E-state index contributed by atoms with van der Waals surface area (Å²) in [7, 11) is 3.69. The minimum Gasteiger partial charge on any atom is -0.507 e. The van der Waals surface area contributed by atoms with Crippen molar-refractivity contribution in [1.82, 2.24) is 19.6 Å². The van der Waals surface area contributed by atoms with Crippen molar-refractivity contribution in [2.45, 2.75) is 25.7 Å². The van der Waals surface area contributed by atoms with E-state index in [1.165, 1.54) is 0 Å². The third-order valence-electron chi connectivity index (χ3n) is 5.28. The van der Waals surface area contributed by atoms with Gasteiger partial charge in [0.1, 0.15) is 22.9 Å². The van der Waals surface area contributed by atoms with Crippen LogP contribution in [0.2, 0.25) is 0 Å². The molecule has 0 saturated carbocycles. The smallest absolute Gasteiger partial charge is 0.125 e. The van der Waals surface area contributed by atoms with E-state index in [2.05, 4.69) is 33.9 Å². The largest absolute Gasteiger partial charge is 0.507 e. The highest BCUT2D eigenvalue weighted by atomic mass is 16.3. The van der Waals surface area contributed by atoms with Gasteiger partial charge in [0, 0.05) is 50.5 Å². The molecule has 0 aliphatic heterocycles. The summed E-state index contributed by atoms with van der Waals surface area (Å²) in [6.07, 6.45) is 7.13. The van der Waals surface area contributed by atoms with Crippen LogP contribution in [0.5, 0.6) is 11.5 Å². The monoisotopic (exact) mass is 450 g/mol. The van der Waals surface area contributed by atoms with Crippen LogP contribution in [0.4, 0.5) is 0 Å². The minimum atomic E-state index is 0.196. The maximum atomic E-state index is 10.1. The number of hydrogen-bond donors (Lipinski definition) is 2. The number of unbranched alkanes of at least 4 members (excludes halogenated alkanes) is 3. The maximum absolute atomic E-state index is 10.1. The lowest BCUT2D eigenvalue weighted by molar-refractivity contribution is 0.476. The molecule has 0 spiro atoms. The molecule has 0 atom stereocenters. The number of rotatable bonds is 5. The van der Waals surface area contributed by atoms with Crippen molar-refractivity contribution in [3.8, 4) is 57.7 Å². The van der Waals surface area contributed by atoms with Crippen molar-refractivity contribution in [2.24, 2.45) is 14.1 Å². The van der Waals surface area contributed by atoms with Gasteiger partial charge in [0.05, 0.1) is 11.1 Å². The maximum Gasteiger partial charge on any atom is 0.125 e. The predicted octanol–water partition coefficient (Wildman–Crippen LogP) is 4.86. The van der Waals surface area contributed by atoms with Crippen molar-refractivity contribution in [3.63, 3.8) is 0 Å². The second-order valence-corrected chi connectivity index (χ2v) is 7.98. The number of aromatic nitrogens is 4. The van der Waals surface area contributed by atoms with Crippen LogP contribution in [0.25, 0.3) is 22.5 Å². The van der Waals surface area contributed by atoms with Gasteiger partial charge >= 0.3 is 0 Å². The van der Waals surface area contributed by atoms with Gasteiger partial charge in [0.2, 0.25) is 0 Å². The quantitative estimate of drug-likeness (QED) is 0.336. The normalized spacial score (nSPS) is 10.3. The molecular formula is C28H26N4O2. The summed E-state index contributed by atoms with van der Waals surface area (Å²) in [5.74, 6) is 13.2. The molecule has 6 heteroatoms. The first-order valence-corrected chi connectivity index (χ1v) is 11.1. The van der Waals surface area contributed by atoms with E-state index in [1.54, 1.807) is 33.6 Å². The zero-order chi connectivity index (χ0) is 23.9. The average molecular weight is 451 g/mol. The van der Waals surface area contributed by atoms with E-state index >= 15 is 0 Å². The topological polar surface area (TPSA) is 76.1 Å². The van der Waals surface area contributed by atoms with E-state index in [-0.39, 0.29) is 11.5 Å². The van der Waals surface area contributed by atoms with Crippen LogP contribution >= 0.6 is 0 Å². The van der Waals surface area contributed by atoms with E-state index in [4.69, 9.17) is 0 Å². The van der Waals surface area contributed by atoms with E-state index in [0.717, 1.165) is 36.8 Å². The molecule has 6 nitrogen and oxygen atoms in total. The number of nitrogens with zero attached hydrogens (tertiary/aromatic N) is 4. The van der Waals surface area contributed by atoms with Crippen molar-refractivity contribution in [2.75, 3.05) is 0 Å². The molecule has 0 bridgehead atoms. The Kier molecular flexibility index (Phi) is 7.01. The van der Waals surface area contributed by atoms with Gasteiger partial charge in [-0.05, 0) is 37.1 Å². The first-order valence-electron chi connectivity index (χ1n) is 11.1. The zero-order valence-corrected chi connectivity index (χ0v) is 19.3. The molecule has 4 aromatic rings. The SMILES string of the molecule is Cn1cc(C#CCCCCC#Cc2cn(C)nc2-c2ccccc2O)c(-c2ccccc2O)n1. The molecule has 0 aliphatic rings. The third kappa shape index (κ3) is 5.31. The van der Waals surface area contributed by atoms with E-state index in [1.807, 2.05) is 50.8 Å². The number of hydrogen-bond acceptors (Lipinski definition) is 4. The fourth-order valence-corrected chi connectivity index (χ4v) is 3.65. The van der Waals surface area contributed by atoms with Gasteiger partial charge in [0.25, 0.3) is 0 Å². The molecule has 4 rings (SSSR count). The van der Waals surface area contributed by atoms with Gasteiger partial charge in [-0.25, -0.2) is 0 Å². The summed E-state index contributed by atoms with van der Waals surface area (Å²) in [5.41, 5.74) is 4.35. The number of phenolic OH excluding ortho intramolecular Hbond substituents is 2. The van der Waals surface area contributed by atoms with Crippen molar-refractivity contribution < 1.29 is 10.2 Å². The molecular weight excluding hydrogens is 424 g/mol. The number of aromatic hydroxyl groups is 2. The number of phenols is 2. The highest BCUT2D eigenvalue weighted by Gasteiger charge is 2.12. The van der Waals surface area contributed by atoms with Gasteiger partial charge < -0.3 is 10.2 Å². The number of benzene rings is 2. The number of para-hydroxylation sites is 2. The van der Waals surface area contributed by atoms with Crippen LogP contribution in [0.15, 0.2) is 60.9 Å². The highest BCUT2D eigenvalue weighted by Crippen LogP contribution is 2.30. The molecule has 170 valence electrons. The molecule has 34 heavy (non-hydrogen) atoms. The average Bonchev–Trinajstić information content (AvgIpc) is 3.37. The Bertz CT molecular complexity index is 1310. The molecule has 0 aliphatic carbocycles. The van der Waals surface area contributed by atoms with Crippen LogP contribution in [-0.2, 0) is 14.1 Å². The zero-order valence-electron chi connectivity index (χ0n) is 19.3. The Morgan fingerprint density at radius 2 is 1.09 bits per heavy atom. The fraction of sp³-hybridized carbons (Fsp3) is 0.214. The lowest BCUT2D eigenvalue weighted by Gasteiger charge is -2.01. The standard InChI is InChI=1S/C28H26N4O2/c1-31-19-21(27(29-31)23-15-9-11-17-25(23)33)13-7-5-3-4-6-8-14-22-20-32(2)30-28(22)24-16-10-12-18-26(24)34/h9-12,15-20,33-34H,3-6H2,1-2H3. The molecule has 0 saturated heterocycles. The summed E-state index contributed by atoms with van der Waals surface area (Å²) >= 11 is 0. The molecule has 0 amide bonds. The summed E-state index contributed by atoms with van der Waals surface area (Å²) in [4.78, 5) is 0. The molecule has 2 aromatic carbocycles. The lowest BCUT2D eigenvalue weighted by Crippen LogP contribution is -1.88. The first kappa shape index (κ1) is 22.8. The Morgan fingerprint density at radius 1 is 0.676 bits per heavy atom. The van der Waals surface area contributed by atoms with Crippen LogP contribution in [-0.4, -0.2) is 29.8 Å². The van der Waals surface area contributed by atoms with Gasteiger partial charge in [0.15, 0.2) is 0 Å². The van der Waals surface area contributed by atoms with E-state index in [9.17, 15) is 10.2 Å².